The number of likely N-dealkylation sites (N-methyl/N-ethyl adjacent to an activating group) is 1. The van der Waals surface area contributed by atoms with Crippen LogP contribution in [0.2, 0.25) is 0 Å². The van der Waals surface area contributed by atoms with Gasteiger partial charge in [0.25, 0.3) is 0 Å². The van der Waals surface area contributed by atoms with E-state index in [1.165, 1.54) is 4.90 Å². The number of hydrogen-bond acceptors (Lipinski definition) is 4. The van der Waals surface area contributed by atoms with Crippen LogP contribution in [-0.4, -0.2) is 47.0 Å². The minimum absolute atomic E-state index is 0.119. The first-order valence-electron chi connectivity index (χ1n) is 11.5. The molecule has 2 unspecified atom stereocenters. The molecule has 7 nitrogen and oxygen atoms in total. The molecule has 2 N–H and O–H groups in total. The van der Waals surface area contributed by atoms with Crippen molar-refractivity contribution < 1.29 is 19.1 Å². The van der Waals surface area contributed by atoms with Crippen LogP contribution in [0.1, 0.15) is 79.0 Å². The molecule has 0 fully saturated rings. The smallest absolute Gasteiger partial charge is 0.408 e. The van der Waals surface area contributed by atoms with Gasteiger partial charge in [0.2, 0.25) is 11.8 Å². The van der Waals surface area contributed by atoms with Gasteiger partial charge >= 0.3 is 6.09 Å². The molecule has 182 valence electrons. The molecule has 2 atom stereocenters. The highest BCUT2D eigenvalue weighted by atomic mass is 16.6. The Morgan fingerprint density at radius 1 is 1.09 bits per heavy atom. The maximum Gasteiger partial charge on any atom is 0.408 e. The second-order valence-electron chi connectivity index (χ2n) is 9.75. The Hall–Kier alpha value is -3.01. The zero-order valence-electron chi connectivity index (χ0n) is 21.2. The van der Waals surface area contributed by atoms with Crippen LogP contribution in [0.15, 0.2) is 24.3 Å². The number of hydrogen-bond donors (Lipinski definition) is 2. The Labute approximate surface area is 198 Å². The van der Waals surface area contributed by atoms with E-state index in [0.717, 1.165) is 0 Å². The molecule has 0 spiro atoms. The predicted molar refractivity (Wildman–Crippen MR) is 130 cm³/mol. The second-order valence-corrected chi connectivity index (χ2v) is 9.75. The number of benzene rings is 1. The molecule has 0 saturated heterocycles. The zero-order chi connectivity index (χ0) is 25.3. The number of ether oxygens (including phenoxy) is 1. The lowest BCUT2D eigenvalue weighted by atomic mass is 9.96. The van der Waals surface area contributed by atoms with Crippen molar-refractivity contribution in [3.05, 3.63) is 35.4 Å². The predicted octanol–water partition coefficient (Wildman–Crippen LogP) is 4.02. The second kappa shape index (κ2) is 12.3. The first-order chi connectivity index (χ1) is 15.3. The van der Waals surface area contributed by atoms with E-state index in [1.54, 1.807) is 52.0 Å². The average molecular weight is 458 g/mol. The van der Waals surface area contributed by atoms with E-state index in [0.29, 0.717) is 17.5 Å². The summed E-state index contributed by atoms with van der Waals surface area (Å²) in [5.74, 6) is 2.03. The summed E-state index contributed by atoms with van der Waals surface area (Å²) in [5.41, 5.74) is 0.396. The largest absolute Gasteiger partial charge is 0.444 e. The molecule has 33 heavy (non-hydrogen) atoms. The fourth-order valence-corrected chi connectivity index (χ4v) is 3.49. The molecule has 0 aliphatic heterocycles. The Balaban J connectivity index is 3.43. The van der Waals surface area contributed by atoms with Gasteiger partial charge < -0.3 is 20.3 Å². The van der Waals surface area contributed by atoms with Crippen LogP contribution in [-0.2, 0) is 14.3 Å². The van der Waals surface area contributed by atoms with Crippen LogP contribution >= 0.6 is 0 Å². The summed E-state index contributed by atoms with van der Waals surface area (Å²) in [6.45, 7) is 14.9. The third kappa shape index (κ3) is 8.80. The van der Waals surface area contributed by atoms with Crippen LogP contribution in [0.5, 0.6) is 0 Å². The van der Waals surface area contributed by atoms with E-state index >= 15 is 0 Å². The van der Waals surface area contributed by atoms with Gasteiger partial charge in [-0.1, -0.05) is 38.0 Å². The molecular formula is C26H39N3O4. The number of nitrogens with zero attached hydrogens (tertiary/aromatic N) is 1. The molecule has 1 rings (SSSR count). The summed E-state index contributed by atoms with van der Waals surface area (Å²) in [6.07, 6.45) is 5.42. The lowest BCUT2D eigenvalue weighted by Crippen LogP contribution is -2.53. The first-order valence-corrected chi connectivity index (χ1v) is 11.5. The molecule has 0 aliphatic rings. The Morgan fingerprint density at radius 3 is 2.18 bits per heavy atom. The summed E-state index contributed by atoms with van der Waals surface area (Å²) in [4.78, 5) is 41.0. The molecule has 0 radical (unpaired) electrons. The fourth-order valence-electron chi connectivity index (χ4n) is 3.49. The van der Waals surface area contributed by atoms with Gasteiger partial charge in [-0.15, -0.1) is 6.42 Å². The van der Waals surface area contributed by atoms with Crippen molar-refractivity contribution in [1.82, 2.24) is 15.5 Å². The van der Waals surface area contributed by atoms with Gasteiger partial charge in [0.15, 0.2) is 0 Å². The van der Waals surface area contributed by atoms with Crippen molar-refractivity contribution in [3.8, 4) is 12.3 Å². The Kier molecular flexibility index (Phi) is 10.4. The van der Waals surface area contributed by atoms with Gasteiger partial charge in [0.05, 0.1) is 0 Å². The first kappa shape index (κ1) is 28.0. The van der Waals surface area contributed by atoms with Gasteiger partial charge in [-0.3, -0.25) is 9.59 Å². The summed E-state index contributed by atoms with van der Waals surface area (Å²) >= 11 is 0. The molecule has 0 aliphatic carbocycles. The minimum atomic E-state index is -0.938. The molecule has 1 aromatic rings. The van der Waals surface area contributed by atoms with Crippen molar-refractivity contribution >= 4 is 17.9 Å². The molecule has 0 saturated carbocycles. The highest BCUT2D eigenvalue weighted by molar-refractivity contribution is 5.92. The molecule has 7 heteroatoms. The number of terminal acetylenes is 1. The van der Waals surface area contributed by atoms with Crippen molar-refractivity contribution in [3.63, 3.8) is 0 Å². The van der Waals surface area contributed by atoms with Crippen molar-refractivity contribution in [2.24, 2.45) is 5.92 Å². The van der Waals surface area contributed by atoms with Gasteiger partial charge in [0.1, 0.15) is 17.7 Å². The topological polar surface area (TPSA) is 87.7 Å². The normalized spacial score (nSPS) is 13.1. The lowest BCUT2D eigenvalue weighted by molar-refractivity contribution is -0.142. The van der Waals surface area contributed by atoms with Crippen LogP contribution < -0.4 is 10.6 Å². The van der Waals surface area contributed by atoms with Gasteiger partial charge in [-0.05, 0) is 65.5 Å². The SMILES string of the molecule is C#Cc1ccccc1C(C(=O)NC(C)C)N(CC)C(=O)C(CC(C)C)NC(=O)OC(C)(C)C. The van der Waals surface area contributed by atoms with Gasteiger partial charge in [-0.2, -0.15) is 0 Å². The number of amides is 3. The standard InChI is InChI=1S/C26H39N3O4/c1-10-19-14-12-13-15-20(19)22(23(30)27-18(5)6)29(11-2)24(31)21(16-17(3)4)28-25(32)33-26(7,8)9/h1,12-15,17-18,21-22H,11,16H2,2-9H3,(H,27,30)(H,28,32). The monoisotopic (exact) mass is 457 g/mol. The van der Waals surface area contributed by atoms with Crippen LogP contribution in [0.25, 0.3) is 0 Å². The van der Waals surface area contributed by atoms with E-state index in [1.807, 2.05) is 27.7 Å². The summed E-state index contributed by atoms with van der Waals surface area (Å²) in [5, 5.41) is 5.61. The summed E-state index contributed by atoms with van der Waals surface area (Å²) in [7, 11) is 0. The van der Waals surface area contributed by atoms with Gasteiger partial charge in [0, 0.05) is 18.2 Å². The quantitative estimate of drug-likeness (QED) is 0.548. The third-order valence-electron chi connectivity index (χ3n) is 4.72. The summed E-state index contributed by atoms with van der Waals surface area (Å²) in [6, 6.07) is 5.16. The fraction of sp³-hybridized carbons (Fsp3) is 0.577. The molecule has 1 aromatic carbocycles. The Bertz CT molecular complexity index is 865. The molecule has 0 aromatic heterocycles. The third-order valence-corrected chi connectivity index (χ3v) is 4.72. The van der Waals surface area contributed by atoms with Crippen molar-refractivity contribution in [1.29, 1.82) is 0 Å². The van der Waals surface area contributed by atoms with E-state index in [9.17, 15) is 14.4 Å². The number of rotatable bonds is 9. The maximum absolute atomic E-state index is 13.7. The maximum atomic E-state index is 13.7. The minimum Gasteiger partial charge on any atom is -0.444 e. The Morgan fingerprint density at radius 2 is 1.70 bits per heavy atom. The van der Waals surface area contributed by atoms with E-state index in [2.05, 4.69) is 16.6 Å². The van der Waals surface area contributed by atoms with Crippen LogP contribution in [0.4, 0.5) is 4.79 Å². The van der Waals surface area contributed by atoms with E-state index in [4.69, 9.17) is 11.2 Å². The average Bonchev–Trinajstić information content (AvgIpc) is 2.68. The van der Waals surface area contributed by atoms with Crippen LogP contribution in [0, 0.1) is 18.3 Å². The summed E-state index contributed by atoms with van der Waals surface area (Å²) < 4.78 is 5.37. The van der Waals surface area contributed by atoms with Crippen molar-refractivity contribution in [2.45, 2.75) is 85.5 Å². The molecule has 0 heterocycles. The number of carbonyl (C=O) groups excluding carboxylic acids is 3. The highest BCUT2D eigenvalue weighted by Gasteiger charge is 2.36. The number of alkyl carbamates (subject to hydrolysis) is 1. The number of carbonyl (C=O) groups is 3. The van der Waals surface area contributed by atoms with Crippen LogP contribution in [0.3, 0.4) is 0 Å². The lowest BCUT2D eigenvalue weighted by Gasteiger charge is -2.35. The van der Waals surface area contributed by atoms with E-state index in [-0.39, 0.29) is 30.3 Å². The van der Waals surface area contributed by atoms with Crippen molar-refractivity contribution in [2.75, 3.05) is 6.54 Å². The van der Waals surface area contributed by atoms with Gasteiger partial charge in [-0.25, -0.2) is 4.79 Å². The van der Waals surface area contributed by atoms with E-state index < -0.39 is 23.8 Å². The number of nitrogens with one attached hydrogen (secondary N) is 2. The zero-order valence-corrected chi connectivity index (χ0v) is 21.2. The molecule has 3 amide bonds. The highest BCUT2D eigenvalue weighted by Crippen LogP contribution is 2.26. The molecule has 0 bridgehead atoms. The molecular weight excluding hydrogens is 418 g/mol.